The van der Waals surface area contributed by atoms with Crippen molar-refractivity contribution in [2.45, 2.75) is 17.4 Å². The van der Waals surface area contributed by atoms with E-state index in [9.17, 15) is 17.2 Å². The van der Waals surface area contributed by atoms with Crippen molar-refractivity contribution < 1.29 is 21.9 Å². The first kappa shape index (κ1) is 17.3. The average Bonchev–Trinajstić information content (AvgIpc) is 3.03. The Morgan fingerprint density at radius 2 is 1.96 bits per heavy atom. The van der Waals surface area contributed by atoms with E-state index in [4.69, 9.17) is 10.00 Å². The van der Waals surface area contributed by atoms with E-state index in [2.05, 4.69) is 4.98 Å². The van der Waals surface area contributed by atoms with Gasteiger partial charge in [0, 0.05) is 24.9 Å². The van der Waals surface area contributed by atoms with Crippen molar-refractivity contribution in [3.8, 4) is 11.9 Å². The highest BCUT2D eigenvalue weighted by Crippen LogP contribution is 2.24. The Labute approximate surface area is 143 Å². The molecule has 130 valence electrons. The highest BCUT2D eigenvalue weighted by atomic mass is 32.2. The first-order valence-corrected chi connectivity index (χ1v) is 8.81. The molecule has 0 radical (unpaired) electrons. The molecule has 25 heavy (non-hydrogen) atoms. The molecule has 0 amide bonds. The molecule has 1 aromatic carbocycles. The minimum atomic E-state index is -4.02. The number of sulfonamides is 1. The summed E-state index contributed by atoms with van der Waals surface area (Å²) in [7, 11) is -4.02. The minimum absolute atomic E-state index is 0.0267. The number of hydrogen-bond donors (Lipinski definition) is 0. The van der Waals surface area contributed by atoms with E-state index in [1.165, 1.54) is 18.3 Å². The Hall–Kier alpha value is -2.57. The zero-order valence-electron chi connectivity index (χ0n) is 12.9. The van der Waals surface area contributed by atoms with Crippen LogP contribution in [0.1, 0.15) is 12.0 Å². The molecule has 1 saturated heterocycles. The summed E-state index contributed by atoms with van der Waals surface area (Å²) in [5.41, 5.74) is 0.378. The van der Waals surface area contributed by atoms with Gasteiger partial charge in [0.1, 0.15) is 17.7 Å². The summed E-state index contributed by atoms with van der Waals surface area (Å²) in [4.78, 5) is 3.54. The molecule has 3 rings (SSSR count). The summed E-state index contributed by atoms with van der Waals surface area (Å²) < 4.78 is 58.3. The zero-order chi connectivity index (χ0) is 18.0. The van der Waals surface area contributed by atoms with Gasteiger partial charge < -0.3 is 4.74 Å². The van der Waals surface area contributed by atoms with Crippen LogP contribution in [0.4, 0.5) is 8.78 Å². The Morgan fingerprint density at radius 3 is 2.64 bits per heavy atom. The Kier molecular flexibility index (Phi) is 4.65. The number of hydrogen-bond acceptors (Lipinski definition) is 5. The number of halogens is 2. The second kappa shape index (κ2) is 6.74. The van der Waals surface area contributed by atoms with Crippen molar-refractivity contribution in [1.29, 1.82) is 5.26 Å². The summed E-state index contributed by atoms with van der Waals surface area (Å²) in [6, 6.07) is 7.12. The van der Waals surface area contributed by atoms with Crippen LogP contribution in [-0.4, -0.2) is 36.9 Å². The molecule has 0 aliphatic carbocycles. The number of pyridine rings is 1. The number of benzene rings is 1. The first-order valence-electron chi connectivity index (χ1n) is 7.37. The van der Waals surface area contributed by atoms with Crippen LogP contribution < -0.4 is 4.74 Å². The quantitative estimate of drug-likeness (QED) is 0.828. The molecule has 6 nitrogen and oxygen atoms in total. The molecule has 1 aliphatic heterocycles. The van der Waals surface area contributed by atoms with E-state index in [1.54, 1.807) is 0 Å². The normalized spacial score (nSPS) is 18.0. The fourth-order valence-electron chi connectivity index (χ4n) is 2.55. The lowest BCUT2D eigenvalue weighted by Gasteiger charge is -2.17. The highest BCUT2D eigenvalue weighted by molar-refractivity contribution is 7.89. The van der Waals surface area contributed by atoms with Gasteiger partial charge in [0.15, 0.2) is 0 Å². The number of nitriles is 1. The van der Waals surface area contributed by atoms with E-state index < -0.39 is 32.7 Å². The van der Waals surface area contributed by atoms with Gasteiger partial charge in [-0.2, -0.15) is 9.57 Å². The maximum Gasteiger partial charge on any atom is 0.243 e. The first-order chi connectivity index (χ1) is 11.9. The van der Waals surface area contributed by atoms with Crippen molar-refractivity contribution in [2.75, 3.05) is 13.1 Å². The Balaban J connectivity index is 1.74. The zero-order valence-corrected chi connectivity index (χ0v) is 13.7. The third-order valence-electron chi connectivity index (χ3n) is 3.73. The van der Waals surface area contributed by atoms with Crippen molar-refractivity contribution in [1.82, 2.24) is 9.29 Å². The summed E-state index contributed by atoms with van der Waals surface area (Å²) in [5.74, 6) is -1.69. The van der Waals surface area contributed by atoms with Crippen LogP contribution in [0.3, 0.4) is 0 Å². The molecule has 0 saturated carbocycles. The molecule has 0 N–H and O–H groups in total. The molecule has 1 aliphatic rings. The predicted molar refractivity (Wildman–Crippen MR) is 83.1 cm³/mol. The predicted octanol–water partition coefficient (Wildman–Crippen LogP) is 2.07. The van der Waals surface area contributed by atoms with E-state index >= 15 is 0 Å². The molecule has 1 unspecified atom stereocenters. The summed E-state index contributed by atoms with van der Waals surface area (Å²) >= 11 is 0. The maximum absolute atomic E-state index is 13.3. The molecule has 9 heteroatoms. The Morgan fingerprint density at radius 1 is 1.24 bits per heavy atom. The van der Waals surface area contributed by atoms with Crippen LogP contribution in [0, 0.1) is 23.0 Å². The van der Waals surface area contributed by atoms with Gasteiger partial charge in [0.25, 0.3) is 0 Å². The van der Waals surface area contributed by atoms with Crippen LogP contribution in [0.2, 0.25) is 0 Å². The molecule has 0 spiro atoms. The number of ether oxygens (including phenoxy) is 1. The van der Waals surface area contributed by atoms with Crippen LogP contribution in [0.25, 0.3) is 0 Å². The van der Waals surface area contributed by atoms with Gasteiger partial charge in [-0.15, -0.1) is 0 Å². The minimum Gasteiger partial charge on any atom is -0.473 e. The standard InChI is InChI=1S/C16H13F2N3O3S/c17-12-6-13(18)8-15(7-12)25(22,23)21-4-2-14(10-21)24-16-5-11(9-19)1-3-20-16/h1,3,5-8,14H,2,4,10H2. The molecular weight excluding hydrogens is 352 g/mol. The van der Waals surface area contributed by atoms with Crippen LogP contribution in [0.5, 0.6) is 5.88 Å². The lowest BCUT2D eigenvalue weighted by atomic mass is 10.3. The SMILES string of the molecule is N#Cc1ccnc(OC2CCN(S(=O)(=O)c3cc(F)cc(F)c3)C2)c1. The molecule has 2 aromatic rings. The van der Waals surface area contributed by atoms with Crippen molar-refractivity contribution in [2.24, 2.45) is 0 Å². The van der Waals surface area contributed by atoms with Gasteiger partial charge >= 0.3 is 0 Å². The lowest BCUT2D eigenvalue weighted by molar-refractivity contribution is 0.207. The van der Waals surface area contributed by atoms with E-state index in [1.807, 2.05) is 6.07 Å². The van der Waals surface area contributed by atoms with Gasteiger partial charge in [-0.3, -0.25) is 0 Å². The third-order valence-corrected chi connectivity index (χ3v) is 5.58. The van der Waals surface area contributed by atoms with Gasteiger partial charge in [-0.05, 0) is 24.6 Å². The summed E-state index contributed by atoms with van der Waals surface area (Å²) in [5, 5.41) is 8.86. The lowest BCUT2D eigenvalue weighted by Crippen LogP contribution is -2.31. The van der Waals surface area contributed by atoms with Crippen LogP contribution in [-0.2, 0) is 10.0 Å². The molecule has 1 aromatic heterocycles. The monoisotopic (exact) mass is 365 g/mol. The second-order valence-corrected chi connectivity index (χ2v) is 7.43. The maximum atomic E-state index is 13.3. The molecule has 1 fully saturated rings. The number of nitrogens with zero attached hydrogens (tertiary/aromatic N) is 3. The smallest absolute Gasteiger partial charge is 0.243 e. The van der Waals surface area contributed by atoms with Crippen molar-refractivity contribution >= 4 is 10.0 Å². The molecule has 2 heterocycles. The highest BCUT2D eigenvalue weighted by Gasteiger charge is 2.34. The third kappa shape index (κ3) is 3.75. The molecular formula is C16H13F2N3O3S. The van der Waals surface area contributed by atoms with Gasteiger partial charge in [-0.1, -0.05) is 0 Å². The van der Waals surface area contributed by atoms with E-state index in [-0.39, 0.29) is 19.0 Å². The van der Waals surface area contributed by atoms with Crippen LogP contribution >= 0.6 is 0 Å². The van der Waals surface area contributed by atoms with Gasteiger partial charge in [-0.25, -0.2) is 22.2 Å². The summed E-state index contributed by atoms with van der Waals surface area (Å²) in [6.07, 6.45) is 1.36. The summed E-state index contributed by atoms with van der Waals surface area (Å²) in [6.45, 7) is 0.183. The fourth-order valence-corrected chi connectivity index (χ4v) is 4.08. The van der Waals surface area contributed by atoms with Crippen molar-refractivity contribution in [3.05, 3.63) is 53.7 Å². The van der Waals surface area contributed by atoms with Gasteiger partial charge in [0.05, 0.1) is 23.1 Å². The number of aromatic nitrogens is 1. The van der Waals surface area contributed by atoms with Gasteiger partial charge in [0.2, 0.25) is 15.9 Å². The largest absolute Gasteiger partial charge is 0.473 e. The van der Waals surface area contributed by atoms with Crippen molar-refractivity contribution in [3.63, 3.8) is 0 Å². The topological polar surface area (TPSA) is 83.3 Å². The average molecular weight is 365 g/mol. The number of rotatable bonds is 4. The second-order valence-electron chi connectivity index (χ2n) is 5.49. The Bertz CT molecular complexity index is 924. The molecule has 0 bridgehead atoms. The molecule has 1 atom stereocenters. The van der Waals surface area contributed by atoms with E-state index in [0.29, 0.717) is 18.1 Å². The van der Waals surface area contributed by atoms with Crippen LogP contribution in [0.15, 0.2) is 41.4 Å². The fraction of sp³-hybridized carbons (Fsp3) is 0.250. The van der Waals surface area contributed by atoms with E-state index in [0.717, 1.165) is 16.4 Å².